The molecule has 0 bridgehead atoms. The Morgan fingerprint density at radius 2 is 1.17 bits per heavy atom. The molecular weight excluding hydrogens is 472 g/mol. The van der Waals surface area contributed by atoms with Crippen LogP contribution in [0.5, 0.6) is 0 Å². The summed E-state index contributed by atoms with van der Waals surface area (Å²) in [6, 6.07) is 16.3. The first-order valence-electron chi connectivity index (χ1n) is 11.0. The minimum Gasteiger partial charge on any atom is -0.480 e. The van der Waals surface area contributed by atoms with E-state index in [9.17, 15) is 19.2 Å². The van der Waals surface area contributed by atoms with Crippen LogP contribution >= 0.6 is 0 Å². The smallest absolute Gasteiger partial charge is 0.408 e. The largest absolute Gasteiger partial charge is 0.480 e. The van der Waals surface area contributed by atoms with Crippen LogP contribution in [0.3, 0.4) is 0 Å². The lowest BCUT2D eigenvalue weighted by atomic mass is 10.2. The van der Waals surface area contributed by atoms with E-state index in [1.165, 1.54) is 0 Å². The van der Waals surface area contributed by atoms with E-state index in [0.29, 0.717) is 0 Å². The summed E-state index contributed by atoms with van der Waals surface area (Å²) in [5, 5.41) is 13.2. The van der Waals surface area contributed by atoms with Gasteiger partial charge in [0.2, 0.25) is 0 Å². The van der Waals surface area contributed by atoms with Crippen molar-refractivity contribution in [3.05, 3.63) is 71.8 Å². The van der Waals surface area contributed by atoms with Gasteiger partial charge in [0.25, 0.3) is 0 Å². The second kappa shape index (κ2) is 17.3. The predicted molar refractivity (Wildman–Crippen MR) is 129 cm³/mol. The number of rotatable bonds is 11. The molecular formula is C24H32N4O8. The molecule has 0 aromatic heterocycles. The molecule has 12 heteroatoms. The zero-order chi connectivity index (χ0) is 26.8. The number of esters is 1. The van der Waals surface area contributed by atoms with E-state index >= 15 is 0 Å². The van der Waals surface area contributed by atoms with E-state index in [-0.39, 0.29) is 32.9 Å². The van der Waals surface area contributed by atoms with Gasteiger partial charge in [-0.1, -0.05) is 60.7 Å². The fraction of sp³-hybridized carbons (Fsp3) is 0.333. The minimum atomic E-state index is -1.19. The molecule has 2 aromatic carbocycles. The number of alkyl carbamates (subject to hydrolysis) is 2. The van der Waals surface area contributed by atoms with Gasteiger partial charge in [0.05, 0.1) is 6.61 Å². The fourth-order valence-corrected chi connectivity index (χ4v) is 2.49. The van der Waals surface area contributed by atoms with Gasteiger partial charge in [-0.2, -0.15) is 0 Å². The van der Waals surface area contributed by atoms with Crippen molar-refractivity contribution in [2.45, 2.75) is 32.2 Å². The number of benzene rings is 2. The maximum Gasteiger partial charge on any atom is 0.408 e. The molecule has 0 unspecified atom stereocenters. The summed E-state index contributed by atoms with van der Waals surface area (Å²) < 4.78 is 14.6. The number of hydrogen-bond acceptors (Lipinski definition) is 9. The van der Waals surface area contributed by atoms with Crippen molar-refractivity contribution in [3.63, 3.8) is 0 Å². The number of ether oxygens (including phenoxy) is 3. The Balaban J connectivity index is 0.000000362. The molecule has 2 amide bonds. The predicted octanol–water partition coefficient (Wildman–Crippen LogP) is 1.13. The van der Waals surface area contributed by atoms with Gasteiger partial charge in [0.15, 0.2) is 0 Å². The highest BCUT2D eigenvalue weighted by atomic mass is 16.6. The Morgan fingerprint density at radius 3 is 1.53 bits per heavy atom. The molecule has 36 heavy (non-hydrogen) atoms. The first-order valence-corrected chi connectivity index (χ1v) is 11.0. The first kappa shape index (κ1) is 29.9. The van der Waals surface area contributed by atoms with Crippen molar-refractivity contribution in [1.29, 1.82) is 0 Å². The summed E-state index contributed by atoms with van der Waals surface area (Å²) in [5.74, 6) is -1.76. The van der Waals surface area contributed by atoms with Crippen molar-refractivity contribution in [2.75, 3.05) is 19.7 Å². The summed E-state index contributed by atoms with van der Waals surface area (Å²) in [5.41, 5.74) is 12.2. The fourth-order valence-electron chi connectivity index (χ4n) is 2.49. The van der Waals surface area contributed by atoms with Crippen LogP contribution in [-0.2, 0) is 37.0 Å². The zero-order valence-corrected chi connectivity index (χ0v) is 19.9. The number of aliphatic carboxylic acids is 1. The average molecular weight is 505 g/mol. The average Bonchev–Trinajstić information content (AvgIpc) is 2.89. The summed E-state index contributed by atoms with van der Waals surface area (Å²) in [7, 11) is 0. The van der Waals surface area contributed by atoms with Crippen molar-refractivity contribution in [3.8, 4) is 0 Å². The maximum absolute atomic E-state index is 11.5. The molecule has 12 nitrogen and oxygen atoms in total. The summed E-state index contributed by atoms with van der Waals surface area (Å²) in [6.45, 7) is 1.90. The van der Waals surface area contributed by atoms with E-state index in [1.807, 2.05) is 48.5 Å². The van der Waals surface area contributed by atoms with Gasteiger partial charge in [0.1, 0.15) is 25.3 Å². The number of carbonyl (C=O) groups is 4. The monoisotopic (exact) mass is 504 g/mol. The standard InChI is InChI=1S/C13H18N2O4.C11H14N2O4/c1-2-18-12(16)11(8-14)15-13(17)19-9-10-6-4-3-5-7-10;12-6-9(10(14)15)13-11(16)17-7-8-4-2-1-3-5-8/h3-7,11H,2,8-9,14H2,1H3,(H,15,17);1-5,9H,6-7,12H2,(H,13,16)(H,14,15)/t11-;9-/m11/s1. The molecule has 0 aliphatic heterocycles. The van der Waals surface area contributed by atoms with Crippen LogP contribution in [0.2, 0.25) is 0 Å². The topological polar surface area (TPSA) is 192 Å². The molecule has 0 fully saturated rings. The van der Waals surface area contributed by atoms with Gasteiger partial charge in [-0.3, -0.25) is 0 Å². The molecule has 2 rings (SSSR count). The molecule has 0 saturated carbocycles. The van der Waals surface area contributed by atoms with Gasteiger partial charge >= 0.3 is 24.1 Å². The summed E-state index contributed by atoms with van der Waals surface area (Å²) in [6.07, 6.45) is -1.50. The second-order valence-electron chi connectivity index (χ2n) is 7.08. The lowest BCUT2D eigenvalue weighted by Crippen LogP contribution is -2.46. The van der Waals surface area contributed by atoms with Crippen molar-refractivity contribution in [1.82, 2.24) is 10.6 Å². The van der Waals surface area contributed by atoms with Crippen LogP contribution in [0.1, 0.15) is 18.1 Å². The molecule has 196 valence electrons. The quantitative estimate of drug-likeness (QED) is 0.219. The number of nitrogens with one attached hydrogen (secondary N) is 2. The Hall–Kier alpha value is -4.16. The molecule has 0 aliphatic carbocycles. The summed E-state index contributed by atoms with van der Waals surface area (Å²) in [4.78, 5) is 44.7. The normalized spacial score (nSPS) is 11.5. The van der Waals surface area contributed by atoms with E-state index < -0.39 is 36.2 Å². The lowest BCUT2D eigenvalue weighted by molar-refractivity contribution is -0.145. The van der Waals surface area contributed by atoms with Crippen molar-refractivity contribution in [2.24, 2.45) is 11.5 Å². The number of hydrogen-bond donors (Lipinski definition) is 5. The van der Waals surface area contributed by atoms with Crippen molar-refractivity contribution < 1.29 is 38.5 Å². The third-order valence-corrected chi connectivity index (χ3v) is 4.35. The molecule has 2 aromatic rings. The van der Waals surface area contributed by atoms with E-state index in [1.54, 1.807) is 19.1 Å². The number of carboxylic acid groups (broad SMARTS) is 1. The Morgan fingerprint density at radius 1 is 0.750 bits per heavy atom. The second-order valence-corrected chi connectivity index (χ2v) is 7.08. The molecule has 2 atom stereocenters. The Bertz CT molecular complexity index is 944. The van der Waals surface area contributed by atoms with Crippen molar-refractivity contribution >= 4 is 24.1 Å². The number of nitrogens with two attached hydrogens (primary N) is 2. The molecule has 0 heterocycles. The Kier molecular flexibility index (Phi) is 14.4. The zero-order valence-electron chi connectivity index (χ0n) is 19.9. The maximum atomic E-state index is 11.5. The van der Waals surface area contributed by atoms with Gasteiger partial charge in [0, 0.05) is 13.1 Å². The highest BCUT2D eigenvalue weighted by Gasteiger charge is 2.21. The first-order chi connectivity index (χ1) is 17.3. The van der Waals surface area contributed by atoms with E-state index in [2.05, 4.69) is 10.6 Å². The third kappa shape index (κ3) is 12.3. The minimum absolute atomic E-state index is 0.0424. The number of carbonyl (C=O) groups excluding carboxylic acids is 3. The Labute approximate surface area is 208 Å². The summed E-state index contributed by atoms with van der Waals surface area (Å²) >= 11 is 0. The number of carboxylic acids is 1. The van der Waals surface area contributed by atoms with Crippen LogP contribution in [-0.4, -0.2) is 61.0 Å². The third-order valence-electron chi connectivity index (χ3n) is 4.35. The van der Waals surface area contributed by atoms with Gasteiger partial charge in [-0.15, -0.1) is 0 Å². The highest BCUT2D eigenvalue weighted by Crippen LogP contribution is 2.02. The highest BCUT2D eigenvalue weighted by molar-refractivity contribution is 5.81. The van der Waals surface area contributed by atoms with Crippen LogP contribution in [0.15, 0.2) is 60.7 Å². The van der Waals surface area contributed by atoms with Gasteiger partial charge in [-0.05, 0) is 18.1 Å². The SMILES string of the molecule is CCOC(=O)[C@@H](CN)NC(=O)OCc1ccccc1.NC[C@@H](NC(=O)OCc1ccccc1)C(=O)O. The van der Waals surface area contributed by atoms with Gasteiger partial charge in [-0.25, -0.2) is 19.2 Å². The molecule has 0 saturated heterocycles. The van der Waals surface area contributed by atoms with Crippen LogP contribution < -0.4 is 22.1 Å². The van der Waals surface area contributed by atoms with Gasteiger partial charge < -0.3 is 41.4 Å². The lowest BCUT2D eigenvalue weighted by Gasteiger charge is -2.15. The van der Waals surface area contributed by atoms with Crippen LogP contribution in [0.25, 0.3) is 0 Å². The number of amides is 2. The van der Waals surface area contributed by atoms with E-state index in [4.69, 9.17) is 30.8 Å². The van der Waals surface area contributed by atoms with Crippen LogP contribution in [0, 0.1) is 0 Å². The van der Waals surface area contributed by atoms with E-state index in [0.717, 1.165) is 11.1 Å². The molecule has 7 N–H and O–H groups in total. The molecule has 0 aliphatic rings. The van der Waals surface area contributed by atoms with Crippen LogP contribution in [0.4, 0.5) is 9.59 Å². The molecule has 0 radical (unpaired) electrons. The molecule has 0 spiro atoms.